The van der Waals surface area contributed by atoms with Gasteiger partial charge in [0.05, 0.1) is 10.9 Å². The zero-order chi connectivity index (χ0) is 29.8. The molecule has 0 radical (unpaired) electrons. The number of fused-ring (bicyclic) bond motifs is 3. The first-order valence-corrected chi connectivity index (χ1v) is 13.6. The van der Waals surface area contributed by atoms with Gasteiger partial charge >= 0.3 is 12.2 Å². The zero-order valence-corrected chi connectivity index (χ0v) is 22.6. The van der Waals surface area contributed by atoms with Gasteiger partial charge in [-0.3, -0.25) is 4.90 Å². The molecule has 3 heterocycles. The minimum absolute atomic E-state index is 0.0325. The van der Waals surface area contributed by atoms with Crippen LogP contribution in [0.4, 0.5) is 26.3 Å². The van der Waals surface area contributed by atoms with Crippen LogP contribution in [-0.2, 0) is 6.42 Å². The van der Waals surface area contributed by atoms with E-state index in [2.05, 4.69) is 9.97 Å². The second-order valence-electron chi connectivity index (χ2n) is 10.9. The minimum atomic E-state index is -4.69. The Morgan fingerprint density at radius 1 is 1.07 bits per heavy atom. The van der Waals surface area contributed by atoms with Gasteiger partial charge in [0.2, 0.25) is 5.88 Å². The molecular formula is C30H27F6N3O3. The number of aromatic nitrogens is 2. The van der Waals surface area contributed by atoms with Gasteiger partial charge in [0.25, 0.3) is 0 Å². The van der Waals surface area contributed by atoms with Crippen LogP contribution in [0, 0.1) is 11.6 Å². The van der Waals surface area contributed by atoms with E-state index < -0.39 is 48.0 Å². The fraction of sp³-hybridized carbons (Fsp3) is 0.400. The number of nitrogens with zero attached hydrogens (tertiary/aromatic N) is 3. The molecule has 0 bridgehead atoms. The van der Waals surface area contributed by atoms with Crippen molar-refractivity contribution in [1.82, 2.24) is 14.9 Å². The number of aryl methyl sites for hydroxylation is 1. The Kier molecular flexibility index (Phi) is 7.07. The van der Waals surface area contributed by atoms with Crippen LogP contribution in [-0.4, -0.2) is 64.2 Å². The van der Waals surface area contributed by atoms with Crippen LogP contribution in [0.25, 0.3) is 32.8 Å². The molecule has 0 amide bonds. The first-order valence-electron chi connectivity index (χ1n) is 13.6. The molecule has 0 spiro atoms. The Labute approximate surface area is 236 Å². The van der Waals surface area contributed by atoms with Gasteiger partial charge in [-0.15, -0.1) is 0 Å². The summed E-state index contributed by atoms with van der Waals surface area (Å²) in [6.45, 7) is 0.984. The van der Waals surface area contributed by atoms with Crippen LogP contribution in [0.15, 0.2) is 36.4 Å². The summed E-state index contributed by atoms with van der Waals surface area (Å²) in [7, 11) is 0. The fourth-order valence-electron chi connectivity index (χ4n) is 6.35. The third-order valence-electron chi connectivity index (χ3n) is 8.15. The van der Waals surface area contributed by atoms with E-state index in [1.165, 1.54) is 36.4 Å². The Bertz CT molecular complexity index is 1680. The molecule has 2 atom stereocenters. The maximum absolute atomic E-state index is 16.3. The highest BCUT2D eigenvalue weighted by atomic mass is 19.4. The van der Waals surface area contributed by atoms with Crippen molar-refractivity contribution in [2.45, 2.75) is 50.5 Å². The van der Waals surface area contributed by atoms with E-state index in [4.69, 9.17) is 9.47 Å². The van der Waals surface area contributed by atoms with Crippen LogP contribution in [0.3, 0.4) is 0 Å². The van der Waals surface area contributed by atoms with E-state index in [-0.39, 0.29) is 53.8 Å². The molecule has 4 aromatic rings. The first kappa shape index (κ1) is 28.3. The van der Waals surface area contributed by atoms with E-state index in [0.717, 1.165) is 6.42 Å². The summed E-state index contributed by atoms with van der Waals surface area (Å²) in [6, 6.07) is 7.67. The highest BCUT2D eigenvalue weighted by Gasteiger charge is 2.49. The number of ether oxygens (including phenoxy) is 2. The zero-order valence-electron chi connectivity index (χ0n) is 22.6. The monoisotopic (exact) mass is 591 g/mol. The Hall–Kier alpha value is -3.80. The molecule has 12 heteroatoms. The summed E-state index contributed by atoms with van der Waals surface area (Å²) in [4.78, 5) is 10.2. The molecule has 0 saturated carbocycles. The Morgan fingerprint density at radius 3 is 2.64 bits per heavy atom. The highest BCUT2D eigenvalue weighted by Crippen LogP contribution is 2.42. The van der Waals surface area contributed by atoms with Gasteiger partial charge in [-0.2, -0.15) is 23.1 Å². The molecule has 2 fully saturated rings. The second kappa shape index (κ2) is 10.5. The highest BCUT2D eigenvalue weighted by molar-refractivity contribution is 6.02. The van der Waals surface area contributed by atoms with Gasteiger partial charge < -0.3 is 14.6 Å². The Balaban J connectivity index is 1.48. The lowest BCUT2D eigenvalue weighted by Gasteiger charge is -2.30. The molecule has 6 rings (SSSR count). The predicted molar refractivity (Wildman–Crippen MR) is 144 cm³/mol. The largest absolute Gasteiger partial charge is 0.508 e. The second-order valence-corrected chi connectivity index (χ2v) is 10.9. The van der Waals surface area contributed by atoms with Crippen molar-refractivity contribution in [3.63, 3.8) is 0 Å². The standard InChI is InChI=1S/C30H27F6N3O3/c1-2-19-23(32)7-4-16-10-18(40)11-22(24(16)19)20-5-6-21-26(25(20)33)37-28(38-27(21)41-15-30(34,35)36)42-14-29-8-3-9-39(29)13-17(31)12-29/h4-7,10-11,17,40H,2-3,8-9,12-15H2,1H3/t17-,29+/m1/s1. The average Bonchev–Trinajstić information content (AvgIpc) is 3.46. The molecule has 0 aliphatic carbocycles. The van der Waals surface area contributed by atoms with E-state index in [1.807, 2.05) is 4.90 Å². The van der Waals surface area contributed by atoms with Crippen molar-refractivity contribution < 1.29 is 40.9 Å². The third-order valence-corrected chi connectivity index (χ3v) is 8.15. The molecule has 42 heavy (non-hydrogen) atoms. The van der Waals surface area contributed by atoms with Crippen molar-refractivity contribution in [2.75, 3.05) is 26.3 Å². The molecule has 2 aliphatic heterocycles. The number of alkyl halides is 4. The number of phenols is 1. The van der Waals surface area contributed by atoms with E-state index in [1.54, 1.807) is 6.92 Å². The van der Waals surface area contributed by atoms with Crippen LogP contribution in [0.5, 0.6) is 17.6 Å². The summed E-state index contributed by atoms with van der Waals surface area (Å²) in [6.07, 6.45) is -3.71. The van der Waals surface area contributed by atoms with Crippen LogP contribution < -0.4 is 9.47 Å². The van der Waals surface area contributed by atoms with Crippen LogP contribution in [0.1, 0.15) is 31.7 Å². The van der Waals surface area contributed by atoms with Gasteiger partial charge in [-0.05, 0) is 72.0 Å². The molecule has 1 N–H and O–H groups in total. The van der Waals surface area contributed by atoms with Gasteiger partial charge in [0.15, 0.2) is 12.4 Å². The average molecular weight is 592 g/mol. The summed E-state index contributed by atoms with van der Waals surface area (Å²) in [5.74, 6) is -2.16. The number of halogens is 6. The number of phenolic OH excluding ortho intramolecular Hbond substituents is 1. The normalized spacial score (nSPS) is 20.9. The quantitative estimate of drug-likeness (QED) is 0.236. The predicted octanol–water partition coefficient (Wildman–Crippen LogP) is 6.89. The van der Waals surface area contributed by atoms with Crippen molar-refractivity contribution in [1.29, 1.82) is 0 Å². The van der Waals surface area contributed by atoms with Crippen molar-refractivity contribution in [3.05, 3.63) is 53.6 Å². The number of benzene rings is 3. The fourth-order valence-corrected chi connectivity index (χ4v) is 6.35. The van der Waals surface area contributed by atoms with E-state index in [9.17, 15) is 27.1 Å². The van der Waals surface area contributed by atoms with E-state index >= 15 is 4.39 Å². The first-order chi connectivity index (χ1) is 20.0. The van der Waals surface area contributed by atoms with Crippen LogP contribution >= 0.6 is 0 Å². The number of hydrogen-bond acceptors (Lipinski definition) is 6. The number of hydrogen-bond donors (Lipinski definition) is 1. The van der Waals surface area contributed by atoms with Crippen LogP contribution in [0.2, 0.25) is 0 Å². The molecule has 2 aliphatic rings. The van der Waals surface area contributed by atoms with E-state index in [0.29, 0.717) is 29.3 Å². The lowest BCUT2D eigenvalue weighted by Crippen LogP contribution is -2.43. The van der Waals surface area contributed by atoms with Gasteiger partial charge in [-0.25, -0.2) is 13.2 Å². The van der Waals surface area contributed by atoms with Gasteiger partial charge in [-0.1, -0.05) is 19.1 Å². The Morgan fingerprint density at radius 2 is 1.88 bits per heavy atom. The topological polar surface area (TPSA) is 67.7 Å². The molecule has 3 aromatic carbocycles. The van der Waals surface area contributed by atoms with Gasteiger partial charge in [0.1, 0.15) is 29.9 Å². The maximum atomic E-state index is 16.3. The summed E-state index contributed by atoms with van der Waals surface area (Å²) in [5.41, 5.74) is -0.555. The smallest absolute Gasteiger partial charge is 0.422 e. The number of aromatic hydroxyl groups is 1. The minimum Gasteiger partial charge on any atom is -0.508 e. The summed E-state index contributed by atoms with van der Waals surface area (Å²) < 4.78 is 95.3. The SMILES string of the molecule is CCc1c(F)ccc2cc(O)cc(-c3ccc4c(OCC(F)(F)F)nc(OC[C@@]56CCCN5C[C@H](F)C6)nc4c3F)c12. The van der Waals surface area contributed by atoms with Crippen molar-refractivity contribution >= 4 is 21.7 Å². The maximum Gasteiger partial charge on any atom is 0.422 e. The van der Waals surface area contributed by atoms with Crippen molar-refractivity contribution in [3.8, 4) is 28.8 Å². The molecule has 0 unspecified atom stereocenters. The third kappa shape index (κ3) is 5.05. The summed E-state index contributed by atoms with van der Waals surface area (Å²) in [5, 5.41) is 11.1. The molecule has 222 valence electrons. The molecule has 1 aromatic heterocycles. The van der Waals surface area contributed by atoms with Crippen molar-refractivity contribution in [2.24, 2.45) is 0 Å². The number of rotatable bonds is 7. The lowest BCUT2D eigenvalue weighted by atomic mass is 9.92. The molecular weight excluding hydrogens is 564 g/mol. The van der Waals surface area contributed by atoms with Gasteiger partial charge in [0, 0.05) is 18.5 Å². The summed E-state index contributed by atoms with van der Waals surface area (Å²) >= 11 is 0. The lowest BCUT2D eigenvalue weighted by molar-refractivity contribution is -0.153. The molecule has 2 saturated heterocycles. The molecule has 6 nitrogen and oxygen atoms in total.